The van der Waals surface area contributed by atoms with Crippen LogP contribution in [0.3, 0.4) is 0 Å². The maximum Gasteiger partial charge on any atom is 0.0490 e. The maximum atomic E-state index is 3.95. The van der Waals surface area contributed by atoms with Crippen LogP contribution in [0.25, 0.3) is 0 Å². The highest BCUT2D eigenvalue weighted by atomic mass is 15.1. The van der Waals surface area contributed by atoms with Crippen molar-refractivity contribution in [3.8, 4) is 0 Å². The number of aromatic amines is 1. The van der Waals surface area contributed by atoms with Crippen LogP contribution in [0.1, 0.15) is 44.7 Å². The van der Waals surface area contributed by atoms with Gasteiger partial charge in [0.15, 0.2) is 0 Å². The lowest BCUT2D eigenvalue weighted by atomic mass is 9.84. The van der Waals surface area contributed by atoms with E-state index < -0.39 is 0 Å². The van der Waals surface area contributed by atoms with Crippen LogP contribution in [0.15, 0.2) is 12.3 Å². The molecule has 0 amide bonds. The lowest BCUT2D eigenvalue weighted by Gasteiger charge is -2.28. The fourth-order valence-corrected chi connectivity index (χ4v) is 2.41. The van der Waals surface area contributed by atoms with E-state index in [4.69, 9.17) is 0 Å². The number of nitrogens with zero attached hydrogens (tertiary/aromatic N) is 1. The van der Waals surface area contributed by atoms with E-state index in [2.05, 4.69) is 22.4 Å². The van der Waals surface area contributed by atoms with Crippen LogP contribution in [0.5, 0.6) is 0 Å². The van der Waals surface area contributed by atoms with Gasteiger partial charge >= 0.3 is 0 Å². The topological polar surface area (TPSA) is 40.7 Å². The summed E-state index contributed by atoms with van der Waals surface area (Å²) in [5.74, 6) is 0.982. The molecular weight excluding hydrogens is 186 g/mol. The molecule has 0 bridgehead atoms. The Bertz CT molecular complexity index is 260. The highest BCUT2D eigenvalue weighted by Gasteiger charge is 2.19. The van der Waals surface area contributed by atoms with Gasteiger partial charge in [-0.25, -0.2) is 0 Å². The van der Waals surface area contributed by atoms with Crippen molar-refractivity contribution < 1.29 is 0 Å². The number of aromatic nitrogens is 2. The average Bonchev–Trinajstić information content (AvgIpc) is 2.80. The van der Waals surface area contributed by atoms with E-state index in [-0.39, 0.29) is 0 Å². The van der Waals surface area contributed by atoms with E-state index in [1.807, 2.05) is 12.3 Å². The van der Waals surface area contributed by atoms with Gasteiger partial charge in [0, 0.05) is 24.5 Å². The van der Waals surface area contributed by atoms with Gasteiger partial charge in [0.05, 0.1) is 0 Å². The van der Waals surface area contributed by atoms with E-state index in [0.29, 0.717) is 0 Å². The third-order valence-corrected chi connectivity index (χ3v) is 3.56. The molecular formula is C12H21N3. The molecule has 0 spiro atoms. The minimum Gasteiger partial charge on any atom is -0.308 e. The van der Waals surface area contributed by atoms with Gasteiger partial charge in [-0.05, 0) is 37.7 Å². The quantitative estimate of drug-likeness (QED) is 0.796. The van der Waals surface area contributed by atoms with Gasteiger partial charge in [0.1, 0.15) is 0 Å². The molecule has 1 heterocycles. The molecule has 1 aliphatic rings. The Balaban J connectivity index is 1.69. The molecule has 0 unspecified atom stereocenters. The van der Waals surface area contributed by atoms with Crippen molar-refractivity contribution in [2.75, 3.05) is 0 Å². The Morgan fingerprint density at radius 3 is 2.80 bits per heavy atom. The smallest absolute Gasteiger partial charge is 0.0490 e. The minimum absolute atomic E-state index is 0.719. The van der Waals surface area contributed by atoms with Gasteiger partial charge in [-0.1, -0.05) is 13.3 Å². The normalized spacial score (nSPS) is 26.7. The first-order chi connectivity index (χ1) is 7.38. The van der Waals surface area contributed by atoms with Gasteiger partial charge in [0.2, 0.25) is 0 Å². The molecule has 15 heavy (non-hydrogen) atoms. The van der Waals surface area contributed by atoms with E-state index in [9.17, 15) is 0 Å². The predicted molar refractivity (Wildman–Crippen MR) is 61.5 cm³/mol. The Labute approximate surface area is 91.7 Å². The zero-order valence-electron chi connectivity index (χ0n) is 9.50. The molecule has 0 saturated heterocycles. The fraction of sp³-hybridized carbons (Fsp3) is 0.750. The molecule has 1 fully saturated rings. The molecule has 1 saturated carbocycles. The first kappa shape index (κ1) is 10.7. The Morgan fingerprint density at radius 1 is 1.40 bits per heavy atom. The summed E-state index contributed by atoms with van der Waals surface area (Å²) < 4.78 is 0. The molecule has 0 atom stereocenters. The van der Waals surface area contributed by atoms with E-state index >= 15 is 0 Å². The van der Waals surface area contributed by atoms with Crippen LogP contribution in [-0.2, 0) is 6.54 Å². The zero-order valence-corrected chi connectivity index (χ0v) is 9.50. The lowest BCUT2D eigenvalue weighted by Crippen LogP contribution is -2.32. The number of rotatable bonds is 4. The summed E-state index contributed by atoms with van der Waals surface area (Å²) in [7, 11) is 0. The standard InChI is InChI=1S/C12H21N3/c1-2-10-3-5-11(6-4-10)13-9-12-7-8-14-15-12/h7-8,10-11,13H,2-6,9H2,1H3,(H,14,15). The molecule has 0 aromatic carbocycles. The summed E-state index contributed by atoms with van der Waals surface area (Å²) >= 11 is 0. The van der Waals surface area contributed by atoms with Crippen molar-refractivity contribution in [1.29, 1.82) is 0 Å². The molecule has 2 N–H and O–H groups in total. The van der Waals surface area contributed by atoms with Gasteiger partial charge in [-0.15, -0.1) is 0 Å². The summed E-state index contributed by atoms with van der Waals surface area (Å²) in [5.41, 5.74) is 1.19. The molecule has 3 heteroatoms. The summed E-state index contributed by atoms with van der Waals surface area (Å²) in [5, 5.41) is 10.5. The van der Waals surface area contributed by atoms with Crippen LogP contribution in [0.4, 0.5) is 0 Å². The van der Waals surface area contributed by atoms with Gasteiger partial charge in [-0.2, -0.15) is 5.10 Å². The van der Waals surface area contributed by atoms with Gasteiger partial charge < -0.3 is 5.32 Å². The van der Waals surface area contributed by atoms with Crippen LogP contribution in [-0.4, -0.2) is 16.2 Å². The first-order valence-corrected chi connectivity index (χ1v) is 6.10. The highest BCUT2D eigenvalue weighted by molar-refractivity contribution is 4.97. The Kier molecular flexibility index (Phi) is 3.78. The van der Waals surface area contributed by atoms with Crippen molar-refractivity contribution >= 4 is 0 Å². The van der Waals surface area contributed by atoms with Crippen LogP contribution in [0, 0.1) is 5.92 Å². The molecule has 0 aliphatic heterocycles. The third-order valence-electron chi connectivity index (χ3n) is 3.56. The summed E-state index contributed by atoms with van der Waals surface area (Å²) in [6.07, 6.45) is 8.64. The molecule has 84 valence electrons. The largest absolute Gasteiger partial charge is 0.308 e. The second-order valence-corrected chi connectivity index (χ2v) is 4.59. The summed E-state index contributed by atoms with van der Waals surface area (Å²) in [4.78, 5) is 0. The molecule has 1 aromatic heterocycles. The highest BCUT2D eigenvalue weighted by Crippen LogP contribution is 2.26. The summed E-state index contributed by atoms with van der Waals surface area (Å²) in [6, 6.07) is 2.75. The molecule has 1 aromatic rings. The SMILES string of the molecule is CCC1CCC(NCc2ccn[nH]2)CC1. The number of hydrogen-bond acceptors (Lipinski definition) is 2. The number of hydrogen-bond donors (Lipinski definition) is 2. The van der Waals surface area contributed by atoms with Gasteiger partial charge in [-0.3, -0.25) is 5.10 Å². The van der Waals surface area contributed by atoms with E-state index in [0.717, 1.165) is 18.5 Å². The van der Waals surface area contributed by atoms with Crippen molar-refractivity contribution in [2.45, 2.75) is 51.6 Å². The monoisotopic (exact) mass is 207 g/mol. The third kappa shape index (κ3) is 3.06. The van der Waals surface area contributed by atoms with Crippen molar-refractivity contribution in [3.63, 3.8) is 0 Å². The van der Waals surface area contributed by atoms with E-state index in [1.165, 1.54) is 37.8 Å². The Hall–Kier alpha value is -0.830. The van der Waals surface area contributed by atoms with Crippen molar-refractivity contribution in [2.24, 2.45) is 5.92 Å². The zero-order chi connectivity index (χ0) is 10.5. The van der Waals surface area contributed by atoms with E-state index in [1.54, 1.807) is 0 Å². The molecule has 1 aliphatic carbocycles. The lowest BCUT2D eigenvalue weighted by molar-refractivity contribution is 0.284. The van der Waals surface area contributed by atoms with Crippen LogP contribution >= 0.6 is 0 Å². The molecule has 0 radical (unpaired) electrons. The number of nitrogens with one attached hydrogen (secondary N) is 2. The fourth-order valence-electron chi connectivity index (χ4n) is 2.41. The number of H-pyrrole nitrogens is 1. The average molecular weight is 207 g/mol. The van der Waals surface area contributed by atoms with Crippen LogP contribution < -0.4 is 5.32 Å². The van der Waals surface area contributed by atoms with Crippen molar-refractivity contribution in [3.05, 3.63) is 18.0 Å². The minimum atomic E-state index is 0.719. The molecule has 3 nitrogen and oxygen atoms in total. The second kappa shape index (κ2) is 5.31. The Morgan fingerprint density at radius 2 is 2.20 bits per heavy atom. The first-order valence-electron chi connectivity index (χ1n) is 6.10. The summed E-state index contributed by atoms with van der Waals surface area (Å²) in [6.45, 7) is 3.24. The molecule has 2 rings (SSSR count). The van der Waals surface area contributed by atoms with Crippen LogP contribution in [0.2, 0.25) is 0 Å². The second-order valence-electron chi connectivity index (χ2n) is 4.59. The van der Waals surface area contributed by atoms with Crippen molar-refractivity contribution in [1.82, 2.24) is 15.5 Å². The predicted octanol–water partition coefficient (Wildman–Crippen LogP) is 2.47. The van der Waals surface area contributed by atoms with Gasteiger partial charge in [0.25, 0.3) is 0 Å². The maximum absolute atomic E-state index is 3.95.